The molecule has 0 bridgehead atoms. The van der Waals surface area contributed by atoms with Crippen LogP contribution in [-0.2, 0) is 21.4 Å². The molecule has 1 aliphatic heterocycles. The molecule has 1 aliphatic rings. The van der Waals surface area contributed by atoms with E-state index in [1.54, 1.807) is 13.0 Å². The molecule has 0 radical (unpaired) electrons. The summed E-state index contributed by atoms with van der Waals surface area (Å²) in [6.07, 6.45) is 4.80. The number of benzene rings is 2. The SMILES string of the molecule is Cc1cc(C)c(C=Cc2onc(C)c2S(=O)(=O)N2CCCC(C(=O)NCc3ccccc3)C2)c(C)c1. The van der Waals surface area contributed by atoms with Gasteiger partial charge in [0.15, 0.2) is 10.7 Å². The lowest BCUT2D eigenvalue weighted by Gasteiger charge is -2.31. The van der Waals surface area contributed by atoms with Crippen LogP contribution >= 0.6 is 0 Å². The zero-order chi connectivity index (χ0) is 25.9. The number of sulfonamides is 1. The highest BCUT2D eigenvalue weighted by Crippen LogP contribution is 2.30. The largest absolute Gasteiger partial charge is 0.355 e. The molecule has 2 aromatic carbocycles. The summed E-state index contributed by atoms with van der Waals surface area (Å²) in [5, 5.41) is 6.90. The molecule has 0 saturated carbocycles. The highest BCUT2D eigenvalue weighted by atomic mass is 32.2. The van der Waals surface area contributed by atoms with E-state index in [4.69, 9.17) is 4.52 Å². The number of rotatable bonds is 7. The van der Waals surface area contributed by atoms with Crippen LogP contribution in [0.25, 0.3) is 12.2 Å². The van der Waals surface area contributed by atoms with Gasteiger partial charge in [-0.3, -0.25) is 4.79 Å². The van der Waals surface area contributed by atoms with Crippen molar-refractivity contribution in [3.05, 3.63) is 81.7 Å². The predicted molar refractivity (Wildman–Crippen MR) is 141 cm³/mol. The zero-order valence-electron chi connectivity index (χ0n) is 21.2. The number of nitrogens with zero attached hydrogens (tertiary/aromatic N) is 2. The van der Waals surface area contributed by atoms with Gasteiger partial charge in [0.05, 0.1) is 5.92 Å². The molecule has 1 atom stereocenters. The second-order valence-corrected chi connectivity index (χ2v) is 11.4. The topological polar surface area (TPSA) is 92.5 Å². The smallest absolute Gasteiger partial charge is 0.248 e. The number of hydrogen-bond donors (Lipinski definition) is 1. The first-order valence-electron chi connectivity index (χ1n) is 12.2. The number of aromatic nitrogens is 1. The Hall–Kier alpha value is -3.23. The first kappa shape index (κ1) is 25.9. The van der Waals surface area contributed by atoms with Crippen molar-refractivity contribution in [2.45, 2.75) is 52.0 Å². The van der Waals surface area contributed by atoms with Gasteiger partial charge in [-0.2, -0.15) is 4.31 Å². The molecule has 3 aromatic rings. The van der Waals surface area contributed by atoms with Crippen LogP contribution < -0.4 is 5.32 Å². The highest BCUT2D eigenvalue weighted by molar-refractivity contribution is 7.89. The van der Waals surface area contributed by atoms with Crippen molar-refractivity contribution < 1.29 is 17.7 Å². The van der Waals surface area contributed by atoms with Gasteiger partial charge in [-0.05, 0) is 68.9 Å². The van der Waals surface area contributed by atoms with Crippen molar-refractivity contribution in [2.75, 3.05) is 13.1 Å². The second kappa shape index (κ2) is 10.8. The van der Waals surface area contributed by atoms with Crippen molar-refractivity contribution in [3.63, 3.8) is 0 Å². The fraction of sp³-hybridized carbons (Fsp3) is 0.357. The van der Waals surface area contributed by atoms with Crippen LogP contribution in [0.5, 0.6) is 0 Å². The summed E-state index contributed by atoms with van der Waals surface area (Å²) >= 11 is 0. The third-order valence-electron chi connectivity index (χ3n) is 6.64. The van der Waals surface area contributed by atoms with Gasteiger partial charge in [0.25, 0.3) is 0 Å². The molecule has 1 amide bonds. The third kappa shape index (κ3) is 5.60. The van der Waals surface area contributed by atoms with E-state index in [0.29, 0.717) is 31.6 Å². The Labute approximate surface area is 213 Å². The Morgan fingerprint density at radius 2 is 1.81 bits per heavy atom. The van der Waals surface area contributed by atoms with Crippen molar-refractivity contribution in [1.82, 2.24) is 14.8 Å². The quantitative estimate of drug-likeness (QED) is 0.496. The molecular weight excluding hydrogens is 474 g/mol. The highest BCUT2D eigenvalue weighted by Gasteiger charge is 2.36. The van der Waals surface area contributed by atoms with Gasteiger partial charge in [0.2, 0.25) is 15.9 Å². The molecule has 0 aliphatic carbocycles. The maximum Gasteiger partial charge on any atom is 0.248 e. The van der Waals surface area contributed by atoms with Crippen LogP contribution in [-0.4, -0.2) is 36.9 Å². The number of amides is 1. The van der Waals surface area contributed by atoms with Gasteiger partial charge < -0.3 is 9.84 Å². The summed E-state index contributed by atoms with van der Waals surface area (Å²) in [5.41, 5.74) is 5.71. The molecule has 0 spiro atoms. The lowest BCUT2D eigenvalue weighted by Crippen LogP contribution is -2.45. The maximum absolute atomic E-state index is 13.7. The maximum atomic E-state index is 13.7. The average molecular weight is 508 g/mol. The fourth-order valence-corrected chi connectivity index (χ4v) is 6.62. The molecule has 1 fully saturated rings. The van der Waals surface area contributed by atoms with E-state index in [0.717, 1.165) is 22.3 Å². The normalized spacial score (nSPS) is 16.9. The molecular formula is C28H33N3O4S. The van der Waals surface area contributed by atoms with Crippen LogP contribution in [0.2, 0.25) is 0 Å². The fourth-order valence-electron chi connectivity index (χ4n) is 4.85. The van der Waals surface area contributed by atoms with E-state index >= 15 is 0 Å². The molecule has 1 aromatic heterocycles. The van der Waals surface area contributed by atoms with Gasteiger partial charge in [-0.1, -0.05) is 59.3 Å². The van der Waals surface area contributed by atoms with Crippen molar-refractivity contribution >= 4 is 28.1 Å². The number of carbonyl (C=O) groups excluding carboxylic acids is 1. The molecule has 1 saturated heterocycles. The summed E-state index contributed by atoms with van der Waals surface area (Å²) in [6, 6.07) is 13.8. The minimum Gasteiger partial charge on any atom is -0.355 e. The summed E-state index contributed by atoms with van der Waals surface area (Å²) in [6.45, 7) is 8.64. The van der Waals surface area contributed by atoms with Crippen molar-refractivity contribution in [2.24, 2.45) is 5.92 Å². The minimum absolute atomic E-state index is 0.0616. The number of nitrogens with one attached hydrogen (secondary N) is 1. The lowest BCUT2D eigenvalue weighted by molar-refractivity contribution is -0.126. The Kier molecular flexibility index (Phi) is 7.76. The van der Waals surface area contributed by atoms with Crippen molar-refractivity contribution in [1.29, 1.82) is 0 Å². The Morgan fingerprint density at radius 1 is 1.11 bits per heavy atom. The molecule has 8 heteroatoms. The van der Waals surface area contributed by atoms with Gasteiger partial charge in [-0.25, -0.2) is 8.42 Å². The number of hydrogen-bond acceptors (Lipinski definition) is 5. The minimum atomic E-state index is -3.90. The lowest BCUT2D eigenvalue weighted by atomic mass is 9.99. The number of carbonyl (C=O) groups is 1. The van der Waals surface area contributed by atoms with Gasteiger partial charge in [-0.15, -0.1) is 0 Å². The number of aryl methyl sites for hydroxylation is 4. The molecule has 1 N–H and O–H groups in total. The molecule has 7 nitrogen and oxygen atoms in total. The van der Waals surface area contributed by atoms with E-state index in [-0.39, 0.29) is 23.1 Å². The summed E-state index contributed by atoms with van der Waals surface area (Å²) in [5.74, 6) is -0.344. The van der Waals surface area contributed by atoms with E-state index in [9.17, 15) is 13.2 Å². The van der Waals surface area contributed by atoms with Crippen LogP contribution in [0, 0.1) is 33.6 Å². The first-order chi connectivity index (χ1) is 17.2. The van der Waals surface area contributed by atoms with Crippen LogP contribution in [0.15, 0.2) is 51.9 Å². The molecule has 190 valence electrons. The number of piperidine rings is 1. The van der Waals surface area contributed by atoms with Crippen LogP contribution in [0.3, 0.4) is 0 Å². The van der Waals surface area contributed by atoms with E-state index in [1.165, 1.54) is 9.87 Å². The predicted octanol–water partition coefficient (Wildman–Crippen LogP) is 4.80. The van der Waals surface area contributed by atoms with Crippen LogP contribution in [0.1, 0.15) is 52.1 Å². The summed E-state index contributed by atoms with van der Waals surface area (Å²) in [4.78, 5) is 12.9. The molecule has 1 unspecified atom stereocenters. The van der Waals surface area contributed by atoms with E-state index in [1.807, 2.05) is 57.2 Å². The Bertz CT molecular complexity index is 1350. The first-order valence-corrected chi connectivity index (χ1v) is 13.6. The monoisotopic (exact) mass is 507 g/mol. The van der Waals surface area contributed by atoms with Crippen LogP contribution in [0.4, 0.5) is 0 Å². The van der Waals surface area contributed by atoms with Gasteiger partial charge in [0.1, 0.15) is 5.69 Å². The molecule has 2 heterocycles. The molecule has 36 heavy (non-hydrogen) atoms. The Balaban J connectivity index is 1.52. The van der Waals surface area contributed by atoms with Gasteiger partial charge >= 0.3 is 0 Å². The standard InChI is InChI=1S/C28H33N3O4S/c1-19-15-20(2)25(21(3)16-19)12-13-26-27(22(4)30-35-26)36(33,34)31-14-8-11-24(18-31)28(32)29-17-23-9-6-5-7-10-23/h5-7,9-10,12-13,15-16,24H,8,11,14,17-18H2,1-4H3,(H,29,32). The third-order valence-corrected chi connectivity index (χ3v) is 8.66. The van der Waals surface area contributed by atoms with Gasteiger partial charge in [0, 0.05) is 19.6 Å². The Morgan fingerprint density at radius 3 is 2.50 bits per heavy atom. The molecule has 4 rings (SSSR count). The summed E-state index contributed by atoms with van der Waals surface area (Å²) in [7, 11) is -3.90. The second-order valence-electron chi connectivity index (χ2n) is 9.51. The van der Waals surface area contributed by atoms with Crippen molar-refractivity contribution in [3.8, 4) is 0 Å². The summed E-state index contributed by atoms with van der Waals surface area (Å²) < 4.78 is 34.2. The average Bonchev–Trinajstić information content (AvgIpc) is 3.23. The van der Waals surface area contributed by atoms with E-state index in [2.05, 4.69) is 22.6 Å². The van der Waals surface area contributed by atoms with E-state index < -0.39 is 15.9 Å². The zero-order valence-corrected chi connectivity index (χ0v) is 22.1.